The number of sulfone groups is 1. The summed E-state index contributed by atoms with van der Waals surface area (Å²) in [5.41, 5.74) is 1.58. The molecule has 1 amide bonds. The first-order valence-corrected chi connectivity index (χ1v) is 10.2. The second-order valence-electron chi connectivity index (χ2n) is 5.76. The number of carbonyl (C=O) groups excluding carboxylic acids is 1. The summed E-state index contributed by atoms with van der Waals surface area (Å²) in [4.78, 5) is 16.5. The van der Waals surface area contributed by atoms with Gasteiger partial charge in [-0.1, -0.05) is 12.1 Å². The maximum absolute atomic E-state index is 11.7. The molecular formula is C17H29IN4O4S. The molecule has 0 aromatic heterocycles. The molecule has 0 radical (unpaired) electrons. The zero-order chi connectivity index (χ0) is 19.6. The summed E-state index contributed by atoms with van der Waals surface area (Å²) in [7, 11) is -1.66. The Labute approximate surface area is 178 Å². The molecule has 154 valence electrons. The number of nitrogens with one attached hydrogen (secondary N) is 3. The Morgan fingerprint density at radius 3 is 2.48 bits per heavy atom. The van der Waals surface area contributed by atoms with Crippen LogP contribution in [0.25, 0.3) is 0 Å². The third-order valence-corrected chi connectivity index (χ3v) is 4.70. The molecule has 0 fully saturated rings. The van der Waals surface area contributed by atoms with Crippen LogP contribution in [-0.4, -0.2) is 59.9 Å². The number of benzene rings is 1. The van der Waals surface area contributed by atoms with Gasteiger partial charge in [0.05, 0.1) is 24.6 Å². The third-order valence-electron chi connectivity index (χ3n) is 3.45. The first kappa shape index (κ1) is 25.6. The highest BCUT2D eigenvalue weighted by atomic mass is 127. The van der Waals surface area contributed by atoms with E-state index in [0.29, 0.717) is 42.7 Å². The van der Waals surface area contributed by atoms with Crippen molar-refractivity contribution in [1.82, 2.24) is 16.0 Å². The van der Waals surface area contributed by atoms with E-state index in [1.807, 2.05) is 6.92 Å². The van der Waals surface area contributed by atoms with E-state index in [1.165, 1.54) is 6.26 Å². The fourth-order valence-electron chi connectivity index (χ4n) is 2.26. The van der Waals surface area contributed by atoms with Crippen LogP contribution in [0.5, 0.6) is 0 Å². The van der Waals surface area contributed by atoms with Gasteiger partial charge in [-0.15, -0.1) is 24.0 Å². The lowest BCUT2D eigenvalue weighted by atomic mass is 10.1. The second kappa shape index (κ2) is 12.9. The molecule has 0 atom stereocenters. The minimum atomic E-state index is -3.23. The number of hydrogen-bond donors (Lipinski definition) is 3. The topological polar surface area (TPSA) is 109 Å². The van der Waals surface area contributed by atoms with Crippen LogP contribution < -0.4 is 16.0 Å². The van der Waals surface area contributed by atoms with Crippen molar-refractivity contribution in [3.05, 3.63) is 29.3 Å². The number of amides is 1. The molecule has 0 aliphatic heterocycles. The van der Waals surface area contributed by atoms with E-state index in [0.717, 1.165) is 5.56 Å². The predicted octanol–water partition coefficient (Wildman–Crippen LogP) is 0.834. The third kappa shape index (κ3) is 9.91. The summed E-state index contributed by atoms with van der Waals surface area (Å²) < 4.78 is 28.2. The summed E-state index contributed by atoms with van der Waals surface area (Å²) in [6, 6.07) is 5.15. The van der Waals surface area contributed by atoms with Crippen molar-refractivity contribution in [2.24, 2.45) is 4.99 Å². The van der Waals surface area contributed by atoms with E-state index in [4.69, 9.17) is 4.74 Å². The van der Waals surface area contributed by atoms with E-state index in [2.05, 4.69) is 20.9 Å². The quantitative estimate of drug-likeness (QED) is 0.196. The Morgan fingerprint density at radius 2 is 1.93 bits per heavy atom. The molecule has 10 heteroatoms. The van der Waals surface area contributed by atoms with E-state index >= 15 is 0 Å². The molecule has 1 rings (SSSR count). The van der Waals surface area contributed by atoms with Gasteiger partial charge < -0.3 is 20.7 Å². The number of methoxy groups -OCH3 is 1. The molecule has 1 aromatic rings. The molecule has 0 saturated heterocycles. The molecule has 0 saturated carbocycles. The lowest BCUT2D eigenvalue weighted by Gasteiger charge is -2.12. The number of nitrogens with zero attached hydrogens (tertiary/aromatic N) is 1. The summed E-state index contributed by atoms with van der Waals surface area (Å²) >= 11 is 0. The zero-order valence-corrected chi connectivity index (χ0v) is 19.3. The maximum Gasteiger partial charge on any atom is 0.239 e. The highest BCUT2D eigenvalue weighted by Crippen LogP contribution is 2.17. The Bertz CT molecular complexity index is 738. The molecule has 3 N–H and O–H groups in total. The SMILES string of the molecule is CCNC(=NCc1ccc(S(C)(=O)=O)c(C)c1)NCC(=O)NCCOC.I. The van der Waals surface area contributed by atoms with Crippen LogP contribution in [0, 0.1) is 6.92 Å². The molecular weight excluding hydrogens is 483 g/mol. The number of guanidine groups is 1. The van der Waals surface area contributed by atoms with Gasteiger partial charge in [-0.3, -0.25) is 4.79 Å². The zero-order valence-electron chi connectivity index (χ0n) is 16.2. The normalized spacial score (nSPS) is 11.5. The van der Waals surface area contributed by atoms with Gasteiger partial charge in [0.15, 0.2) is 15.8 Å². The monoisotopic (exact) mass is 512 g/mol. The molecule has 0 spiro atoms. The van der Waals surface area contributed by atoms with Crippen LogP contribution >= 0.6 is 24.0 Å². The van der Waals surface area contributed by atoms with Crippen molar-refractivity contribution < 1.29 is 17.9 Å². The van der Waals surface area contributed by atoms with Crippen molar-refractivity contribution >= 4 is 45.7 Å². The van der Waals surface area contributed by atoms with Gasteiger partial charge in [0.25, 0.3) is 0 Å². The predicted molar refractivity (Wildman–Crippen MR) is 117 cm³/mol. The highest BCUT2D eigenvalue weighted by molar-refractivity contribution is 14.0. The van der Waals surface area contributed by atoms with Crippen LogP contribution in [0.3, 0.4) is 0 Å². The summed E-state index contributed by atoms with van der Waals surface area (Å²) in [5, 5.41) is 8.74. The number of aryl methyl sites for hydroxylation is 1. The lowest BCUT2D eigenvalue weighted by Crippen LogP contribution is -2.43. The highest BCUT2D eigenvalue weighted by Gasteiger charge is 2.10. The number of rotatable bonds is 9. The summed E-state index contributed by atoms with van der Waals surface area (Å²) in [6.07, 6.45) is 1.19. The Hall–Kier alpha value is -1.40. The molecule has 0 aliphatic carbocycles. The summed E-state index contributed by atoms with van der Waals surface area (Å²) in [5.74, 6) is 0.361. The first-order valence-electron chi connectivity index (χ1n) is 8.35. The van der Waals surface area contributed by atoms with Crippen LogP contribution in [0.2, 0.25) is 0 Å². The molecule has 0 heterocycles. The number of halogens is 1. The Kier molecular flexibility index (Phi) is 12.2. The fourth-order valence-corrected chi connectivity index (χ4v) is 3.22. The van der Waals surface area contributed by atoms with Crippen LogP contribution in [0.4, 0.5) is 0 Å². The molecule has 0 bridgehead atoms. The van der Waals surface area contributed by atoms with Crippen molar-refractivity contribution in [3.8, 4) is 0 Å². The summed E-state index contributed by atoms with van der Waals surface area (Å²) in [6.45, 7) is 5.73. The molecule has 0 aliphatic rings. The van der Waals surface area contributed by atoms with Gasteiger partial charge >= 0.3 is 0 Å². The Balaban J connectivity index is 0.00000676. The minimum Gasteiger partial charge on any atom is -0.383 e. The van der Waals surface area contributed by atoms with Gasteiger partial charge in [-0.05, 0) is 31.0 Å². The van der Waals surface area contributed by atoms with Crippen LogP contribution in [0.1, 0.15) is 18.1 Å². The molecule has 27 heavy (non-hydrogen) atoms. The first-order chi connectivity index (χ1) is 12.3. The van der Waals surface area contributed by atoms with Gasteiger partial charge in [0.1, 0.15) is 0 Å². The number of aliphatic imine (C=N–C) groups is 1. The smallest absolute Gasteiger partial charge is 0.239 e. The van der Waals surface area contributed by atoms with Crippen molar-refractivity contribution in [2.75, 3.05) is 39.6 Å². The average molecular weight is 512 g/mol. The van der Waals surface area contributed by atoms with E-state index in [-0.39, 0.29) is 36.4 Å². The largest absolute Gasteiger partial charge is 0.383 e. The van der Waals surface area contributed by atoms with Crippen molar-refractivity contribution in [2.45, 2.75) is 25.3 Å². The second-order valence-corrected chi connectivity index (χ2v) is 7.75. The maximum atomic E-state index is 11.7. The minimum absolute atomic E-state index is 0. The van der Waals surface area contributed by atoms with Gasteiger partial charge in [0, 0.05) is 26.5 Å². The lowest BCUT2D eigenvalue weighted by molar-refractivity contribution is -0.120. The standard InChI is InChI=1S/C17H28N4O4S.HI/c1-5-18-17(21-12-16(22)19-8-9-25-3)20-11-14-6-7-15(13(2)10-14)26(4,23)24;/h6-7,10H,5,8-9,11-12H2,1-4H3,(H,19,22)(H2,18,20,21);1H. The van der Waals surface area contributed by atoms with Crippen LogP contribution in [-0.2, 0) is 25.9 Å². The van der Waals surface area contributed by atoms with Gasteiger partial charge in [-0.25, -0.2) is 13.4 Å². The van der Waals surface area contributed by atoms with Crippen molar-refractivity contribution in [1.29, 1.82) is 0 Å². The molecule has 1 aromatic carbocycles. The molecule has 0 unspecified atom stereocenters. The fraction of sp³-hybridized carbons (Fsp3) is 0.529. The van der Waals surface area contributed by atoms with Gasteiger partial charge in [0.2, 0.25) is 5.91 Å². The Morgan fingerprint density at radius 1 is 1.22 bits per heavy atom. The van der Waals surface area contributed by atoms with E-state index < -0.39 is 9.84 Å². The average Bonchev–Trinajstić information content (AvgIpc) is 2.56. The van der Waals surface area contributed by atoms with Crippen LogP contribution in [0.15, 0.2) is 28.1 Å². The van der Waals surface area contributed by atoms with E-state index in [1.54, 1.807) is 32.2 Å². The van der Waals surface area contributed by atoms with Crippen molar-refractivity contribution in [3.63, 3.8) is 0 Å². The number of ether oxygens (including phenoxy) is 1. The number of carbonyl (C=O) groups is 1. The van der Waals surface area contributed by atoms with E-state index in [9.17, 15) is 13.2 Å². The van der Waals surface area contributed by atoms with Gasteiger partial charge in [-0.2, -0.15) is 0 Å². The number of hydrogen-bond acceptors (Lipinski definition) is 5. The molecule has 8 nitrogen and oxygen atoms in total.